The summed E-state index contributed by atoms with van der Waals surface area (Å²) in [6.45, 7) is 4.00. The number of nitriles is 2. The van der Waals surface area contributed by atoms with Crippen molar-refractivity contribution in [2.24, 2.45) is 0 Å². The number of rotatable bonds is 3. The molecule has 0 radical (unpaired) electrons. The lowest BCUT2D eigenvalue weighted by Gasteiger charge is -2.15. The molecule has 0 saturated heterocycles. The van der Waals surface area contributed by atoms with Crippen molar-refractivity contribution in [2.45, 2.75) is 19.8 Å². The van der Waals surface area contributed by atoms with Gasteiger partial charge in [0.15, 0.2) is 0 Å². The second-order valence-electron chi connectivity index (χ2n) is 4.78. The van der Waals surface area contributed by atoms with Crippen LogP contribution in [-0.2, 0) is 0 Å². The standard InChI is InChI=1S/C15H14N6/c1-9(2)13-14(18)19-8-20-15(13)21-12-4-3-10(6-16)11(5-12)7-17/h3-5,8-9H,1-2H3,(H3,18,19,20,21). The van der Waals surface area contributed by atoms with Gasteiger partial charge in [-0.15, -0.1) is 0 Å². The maximum absolute atomic E-state index is 9.05. The molecule has 1 aromatic heterocycles. The number of benzene rings is 1. The average molecular weight is 278 g/mol. The molecule has 3 N–H and O–H groups in total. The first-order chi connectivity index (χ1) is 10.1. The number of anilines is 3. The summed E-state index contributed by atoms with van der Waals surface area (Å²) in [7, 11) is 0. The van der Waals surface area contributed by atoms with Gasteiger partial charge in [0.05, 0.1) is 11.1 Å². The van der Waals surface area contributed by atoms with E-state index in [4.69, 9.17) is 16.3 Å². The van der Waals surface area contributed by atoms with Crippen LogP contribution in [0.4, 0.5) is 17.3 Å². The number of nitrogen functional groups attached to an aromatic ring is 1. The molecule has 0 bridgehead atoms. The van der Waals surface area contributed by atoms with Crippen LogP contribution in [0.3, 0.4) is 0 Å². The highest BCUT2D eigenvalue weighted by molar-refractivity contribution is 5.67. The maximum Gasteiger partial charge on any atom is 0.139 e. The summed E-state index contributed by atoms with van der Waals surface area (Å²) in [6, 6.07) is 8.92. The third-order valence-corrected chi connectivity index (χ3v) is 3.02. The molecule has 0 aliphatic heterocycles. The van der Waals surface area contributed by atoms with E-state index in [1.54, 1.807) is 18.2 Å². The second kappa shape index (κ2) is 5.89. The lowest BCUT2D eigenvalue weighted by molar-refractivity contribution is 0.855. The fraction of sp³-hybridized carbons (Fsp3) is 0.200. The van der Waals surface area contributed by atoms with Crippen LogP contribution in [0.25, 0.3) is 0 Å². The van der Waals surface area contributed by atoms with Gasteiger partial charge in [0.25, 0.3) is 0 Å². The molecular formula is C15H14N6. The molecule has 1 aromatic carbocycles. The topological polar surface area (TPSA) is 111 Å². The molecule has 0 atom stereocenters. The summed E-state index contributed by atoms with van der Waals surface area (Å²) < 4.78 is 0. The van der Waals surface area contributed by atoms with Gasteiger partial charge in [-0.05, 0) is 24.1 Å². The summed E-state index contributed by atoms with van der Waals surface area (Å²) in [5.41, 5.74) is 8.04. The highest BCUT2D eigenvalue weighted by Gasteiger charge is 2.13. The third kappa shape index (κ3) is 2.90. The fourth-order valence-corrected chi connectivity index (χ4v) is 2.03. The van der Waals surface area contributed by atoms with Gasteiger partial charge in [0.2, 0.25) is 0 Å². The zero-order valence-electron chi connectivity index (χ0n) is 11.8. The SMILES string of the molecule is CC(C)c1c(N)ncnc1Nc1ccc(C#N)c(C#N)c1. The minimum Gasteiger partial charge on any atom is -0.383 e. The van der Waals surface area contributed by atoms with Crippen LogP contribution in [0.2, 0.25) is 0 Å². The highest BCUT2D eigenvalue weighted by Crippen LogP contribution is 2.29. The number of aromatic nitrogens is 2. The van der Waals surface area contributed by atoms with Crippen molar-refractivity contribution in [3.05, 3.63) is 41.2 Å². The van der Waals surface area contributed by atoms with Crippen molar-refractivity contribution in [3.8, 4) is 12.1 Å². The van der Waals surface area contributed by atoms with Crippen LogP contribution in [0.15, 0.2) is 24.5 Å². The molecule has 0 aliphatic rings. The number of nitrogens with two attached hydrogens (primary N) is 1. The van der Waals surface area contributed by atoms with E-state index in [0.717, 1.165) is 5.56 Å². The quantitative estimate of drug-likeness (QED) is 0.892. The third-order valence-electron chi connectivity index (χ3n) is 3.02. The molecule has 6 nitrogen and oxygen atoms in total. The van der Waals surface area contributed by atoms with Gasteiger partial charge in [-0.2, -0.15) is 10.5 Å². The summed E-state index contributed by atoms with van der Waals surface area (Å²) >= 11 is 0. The zero-order valence-corrected chi connectivity index (χ0v) is 11.8. The molecule has 0 amide bonds. The second-order valence-corrected chi connectivity index (χ2v) is 4.78. The van der Waals surface area contributed by atoms with Gasteiger partial charge < -0.3 is 11.1 Å². The van der Waals surface area contributed by atoms with E-state index < -0.39 is 0 Å². The average Bonchev–Trinajstić information content (AvgIpc) is 2.46. The summed E-state index contributed by atoms with van der Waals surface area (Å²) in [6.07, 6.45) is 1.39. The van der Waals surface area contributed by atoms with E-state index in [9.17, 15) is 0 Å². The molecule has 1 heterocycles. The Labute approximate surface area is 122 Å². The van der Waals surface area contributed by atoms with Crippen molar-refractivity contribution < 1.29 is 0 Å². The molecule has 104 valence electrons. The first kappa shape index (κ1) is 14.3. The summed E-state index contributed by atoms with van der Waals surface area (Å²) in [5, 5.41) is 21.1. The minimum absolute atomic E-state index is 0.155. The molecule has 6 heteroatoms. The minimum atomic E-state index is 0.155. The van der Waals surface area contributed by atoms with Crippen LogP contribution in [0.5, 0.6) is 0 Å². The Bertz CT molecular complexity index is 752. The van der Waals surface area contributed by atoms with Gasteiger partial charge in [-0.25, -0.2) is 9.97 Å². The van der Waals surface area contributed by atoms with Crippen molar-refractivity contribution in [1.82, 2.24) is 9.97 Å². The number of nitrogens with one attached hydrogen (secondary N) is 1. The van der Waals surface area contributed by atoms with Crippen molar-refractivity contribution in [2.75, 3.05) is 11.1 Å². The number of hydrogen-bond donors (Lipinski definition) is 2. The van der Waals surface area contributed by atoms with Gasteiger partial charge in [-0.3, -0.25) is 0 Å². The van der Waals surface area contributed by atoms with E-state index in [0.29, 0.717) is 28.5 Å². The maximum atomic E-state index is 9.05. The van der Waals surface area contributed by atoms with Crippen molar-refractivity contribution in [1.29, 1.82) is 10.5 Å². The molecule has 2 rings (SSSR count). The molecule has 0 aliphatic carbocycles. The molecule has 0 saturated carbocycles. The Morgan fingerprint density at radius 2 is 1.86 bits per heavy atom. The Kier molecular flexibility index (Phi) is 4.01. The number of nitrogens with zero attached hydrogens (tertiary/aromatic N) is 4. The molecule has 21 heavy (non-hydrogen) atoms. The van der Waals surface area contributed by atoms with Crippen LogP contribution in [-0.4, -0.2) is 9.97 Å². The molecular weight excluding hydrogens is 264 g/mol. The smallest absolute Gasteiger partial charge is 0.139 e. The fourth-order valence-electron chi connectivity index (χ4n) is 2.03. The van der Waals surface area contributed by atoms with E-state index in [1.807, 2.05) is 26.0 Å². The Morgan fingerprint density at radius 3 is 2.48 bits per heavy atom. The highest BCUT2D eigenvalue weighted by atomic mass is 15.0. The van der Waals surface area contributed by atoms with Gasteiger partial charge in [0.1, 0.15) is 30.1 Å². The largest absolute Gasteiger partial charge is 0.383 e. The molecule has 0 fully saturated rings. The zero-order chi connectivity index (χ0) is 15.4. The van der Waals surface area contributed by atoms with Crippen LogP contribution < -0.4 is 11.1 Å². The Hall–Kier alpha value is -3.12. The van der Waals surface area contributed by atoms with Crippen molar-refractivity contribution >= 4 is 17.3 Å². The van der Waals surface area contributed by atoms with E-state index in [2.05, 4.69) is 15.3 Å². The first-order valence-corrected chi connectivity index (χ1v) is 6.38. The molecule has 0 spiro atoms. The van der Waals surface area contributed by atoms with E-state index >= 15 is 0 Å². The normalized spacial score (nSPS) is 9.95. The molecule has 0 unspecified atom stereocenters. The van der Waals surface area contributed by atoms with Crippen LogP contribution >= 0.6 is 0 Å². The van der Waals surface area contributed by atoms with E-state index in [1.165, 1.54) is 6.33 Å². The van der Waals surface area contributed by atoms with E-state index in [-0.39, 0.29) is 5.92 Å². The first-order valence-electron chi connectivity index (χ1n) is 6.38. The predicted octanol–water partition coefficient (Wildman–Crippen LogP) is 2.67. The summed E-state index contributed by atoms with van der Waals surface area (Å²) in [4.78, 5) is 8.20. The van der Waals surface area contributed by atoms with Crippen molar-refractivity contribution in [3.63, 3.8) is 0 Å². The Morgan fingerprint density at radius 1 is 1.14 bits per heavy atom. The van der Waals surface area contributed by atoms with Crippen LogP contribution in [0, 0.1) is 22.7 Å². The predicted molar refractivity (Wildman–Crippen MR) is 79.7 cm³/mol. The van der Waals surface area contributed by atoms with Crippen LogP contribution in [0.1, 0.15) is 36.5 Å². The van der Waals surface area contributed by atoms with Gasteiger partial charge >= 0.3 is 0 Å². The molecule has 2 aromatic rings. The summed E-state index contributed by atoms with van der Waals surface area (Å²) in [5.74, 6) is 1.19. The monoisotopic (exact) mass is 278 g/mol. The lowest BCUT2D eigenvalue weighted by atomic mass is 10.0. The van der Waals surface area contributed by atoms with Gasteiger partial charge in [0, 0.05) is 11.3 Å². The Balaban J connectivity index is 2.43. The number of hydrogen-bond acceptors (Lipinski definition) is 6. The van der Waals surface area contributed by atoms with Gasteiger partial charge in [-0.1, -0.05) is 13.8 Å². The lowest BCUT2D eigenvalue weighted by Crippen LogP contribution is -2.06.